The molecule has 2 aromatic carbocycles. The topological polar surface area (TPSA) is 126 Å². The molecule has 1 N–H and O–H groups in total. The van der Waals surface area contributed by atoms with Crippen LogP contribution in [0.15, 0.2) is 47.6 Å². The van der Waals surface area contributed by atoms with Gasteiger partial charge in [-0.1, -0.05) is 17.2 Å². The molecule has 2 aromatic rings. The molecule has 2 atom stereocenters. The predicted molar refractivity (Wildman–Crippen MR) is 117 cm³/mol. The van der Waals surface area contributed by atoms with Gasteiger partial charge in [-0.15, -0.1) is 13.2 Å². The third kappa shape index (κ3) is 6.27. The normalized spacial score (nSPS) is 17.7. The van der Waals surface area contributed by atoms with Crippen LogP contribution in [0.25, 0.3) is 10.4 Å². The Balaban J connectivity index is 1.75. The van der Waals surface area contributed by atoms with E-state index >= 15 is 0 Å². The van der Waals surface area contributed by atoms with Gasteiger partial charge in [0.05, 0.1) is 25.8 Å². The lowest BCUT2D eigenvalue weighted by atomic mass is 9.98. The van der Waals surface area contributed by atoms with E-state index < -0.39 is 30.1 Å². The number of nitrogens with zero attached hydrogens (tertiary/aromatic N) is 4. The van der Waals surface area contributed by atoms with Crippen LogP contribution in [-0.2, 0) is 0 Å². The fourth-order valence-electron chi connectivity index (χ4n) is 3.73. The Morgan fingerprint density at radius 3 is 2.49 bits per heavy atom. The number of carbonyl (C=O) groups excluding carboxylic acids is 2. The van der Waals surface area contributed by atoms with Gasteiger partial charge >= 0.3 is 6.36 Å². The minimum absolute atomic E-state index is 0.0110. The summed E-state index contributed by atoms with van der Waals surface area (Å²) in [5, 5.41) is 6.30. The van der Waals surface area contributed by atoms with E-state index in [-0.39, 0.29) is 31.0 Å². The molecule has 186 valence electrons. The first-order valence-corrected chi connectivity index (χ1v) is 10.4. The maximum atomic E-state index is 13.0. The van der Waals surface area contributed by atoms with Crippen LogP contribution in [0.1, 0.15) is 27.1 Å². The van der Waals surface area contributed by atoms with E-state index in [1.54, 1.807) is 12.1 Å². The molecule has 0 radical (unpaired) electrons. The Kier molecular flexibility index (Phi) is 7.92. The number of likely N-dealkylation sites (tertiary alicyclic amines) is 1. The molecule has 2 amide bonds. The first-order chi connectivity index (χ1) is 16.7. The Morgan fingerprint density at radius 2 is 1.83 bits per heavy atom. The molecule has 1 aliphatic rings. The van der Waals surface area contributed by atoms with Gasteiger partial charge in [0, 0.05) is 29.6 Å². The van der Waals surface area contributed by atoms with Gasteiger partial charge in [0.25, 0.3) is 11.8 Å². The lowest BCUT2D eigenvalue weighted by molar-refractivity contribution is -0.274. The molecule has 0 bridgehead atoms. The first-order valence-electron chi connectivity index (χ1n) is 10.4. The van der Waals surface area contributed by atoms with Gasteiger partial charge in [-0.05, 0) is 42.3 Å². The fourth-order valence-corrected chi connectivity index (χ4v) is 3.73. The number of amides is 2. The highest BCUT2D eigenvalue weighted by Gasteiger charge is 2.35. The molecule has 0 spiro atoms. The summed E-state index contributed by atoms with van der Waals surface area (Å²) in [6.07, 6.45) is -4.77. The van der Waals surface area contributed by atoms with Crippen LogP contribution < -0.4 is 19.5 Å². The monoisotopic (exact) mass is 493 g/mol. The summed E-state index contributed by atoms with van der Waals surface area (Å²) in [4.78, 5) is 30.0. The average Bonchev–Trinajstić information content (AvgIpc) is 2.83. The number of methoxy groups -OCH3 is 2. The largest absolute Gasteiger partial charge is 0.573 e. The maximum Gasteiger partial charge on any atom is 0.573 e. The molecule has 0 aliphatic carbocycles. The number of hydrogen-bond acceptors (Lipinski definition) is 6. The molecule has 1 heterocycles. The second-order valence-corrected chi connectivity index (χ2v) is 7.51. The third-order valence-electron chi connectivity index (χ3n) is 5.37. The quantitative estimate of drug-likeness (QED) is 0.355. The molecule has 0 unspecified atom stereocenters. The summed E-state index contributed by atoms with van der Waals surface area (Å²) in [5.74, 6) is -1.01. The molecular formula is C22H22F3N5O5. The van der Waals surface area contributed by atoms with Gasteiger partial charge in [-0.3, -0.25) is 9.59 Å². The first kappa shape index (κ1) is 25.5. The number of benzene rings is 2. The van der Waals surface area contributed by atoms with E-state index in [0.717, 1.165) is 6.07 Å². The molecule has 1 fully saturated rings. The van der Waals surface area contributed by atoms with Crippen molar-refractivity contribution in [3.8, 4) is 17.2 Å². The third-order valence-corrected chi connectivity index (χ3v) is 5.37. The van der Waals surface area contributed by atoms with Crippen LogP contribution in [0.5, 0.6) is 17.2 Å². The van der Waals surface area contributed by atoms with E-state index in [1.165, 1.54) is 43.4 Å². The molecule has 3 rings (SSSR count). The van der Waals surface area contributed by atoms with Crippen LogP contribution in [0.3, 0.4) is 0 Å². The molecule has 0 aromatic heterocycles. The van der Waals surface area contributed by atoms with Crippen molar-refractivity contribution in [1.29, 1.82) is 0 Å². The maximum absolute atomic E-state index is 13.0. The molecule has 35 heavy (non-hydrogen) atoms. The van der Waals surface area contributed by atoms with Crippen LogP contribution in [0, 0.1) is 0 Å². The number of rotatable bonds is 7. The highest BCUT2D eigenvalue weighted by atomic mass is 19.4. The summed E-state index contributed by atoms with van der Waals surface area (Å²) in [6.45, 7) is 0.194. The summed E-state index contributed by atoms with van der Waals surface area (Å²) in [5.41, 5.74) is 8.99. The molecule has 13 heteroatoms. The number of alkyl halides is 3. The standard InChI is InChI=1S/C22H22F3N5O5/c1-33-18-8-7-13(11-19(18)34-2)21(32)30-10-9-15(16(12-30)28-29-26)27-20(31)14-5-3-4-6-17(14)35-22(23,24)25/h3-8,11,15-16H,9-10,12H2,1-2H3,(H,27,31)/t15-,16+/m0/s1. The van der Waals surface area contributed by atoms with Crippen molar-refractivity contribution in [2.24, 2.45) is 5.11 Å². The summed E-state index contributed by atoms with van der Waals surface area (Å²) < 4.78 is 52.4. The van der Waals surface area contributed by atoms with Crippen LogP contribution in [0.4, 0.5) is 13.2 Å². The lowest BCUT2D eigenvalue weighted by Crippen LogP contribution is -2.54. The van der Waals surface area contributed by atoms with E-state index in [4.69, 9.17) is 15.0 Å². The molecule has 0 saturated carbocycles. The van der Waals surface area contributed by atoms with Crippen molar-refractivity contribution in [3.05, 3.63) is 64.0 Å². The number of piperidine rings is 1. The molecule has 1 aliphatic heterocycles. The van der Waals surface area contributed by atoms with Crippen molar-refractivity contribution in [1.82, 2.24) is 10.2 Å². The van der Waals surface area contributed by atoms with Gasteiger partial charge in [0.15, 0.2) is 11.5 Å². The Bertz CT molecular complexity index is 1140. The number of halogens is 3. The number of carbonyl (C=O) groups is 2. The lowest BCUT2D eigenvalue weighted by Gasteiger charge is -2.37. The van der Waals surface area contributed by atoms with Crippen LogP contribution in [0.2, 0.25) is 0 Å². The van der Waals surface area contributed by atoms with Gasteiger partial charge in [-0.25, -0.2) is 0 Å². The fraction of sp³-hybridized carbons (Fsp3) is 0.364. The number of para-hydroxylation sites is 1. The predicted octanol–water partition coefficient (Wildman–Crippen LogP) is 3.93. The summed E-state index contributed by atoms with van der Waals surface area (Å²) >= 11 is 0. The van der Waals surface area contributed by atoms with Crippen LogP contribution in [-0.4, -0.2) is 62.5 Å². The Morgan fingerprint density at radius 1 is 1.11 bits per heavy atom. The van der Waals surface area contributed by atoms with Crippen molar-refractivity contribution in [2.45, 2.75) is 24.9 Å². The number of nitrogens with one attached hydrogen (secondary N) is 1. The number of hydrogen-bond donors (Lipinski definition) is 1. The summed E-state index contributed by atoms with van der Waals surface area (Å²) in [7, 11) is 2.91. The number of azide groups is 1. The smallest absolute Gasteiger partial charge is 0.493 e. The highest BCUT2D eigenvalue weighted by molar-refractivity contribution is 5.97. The zero-order valence-corrected chi connectivity index (χ0v) is 18.8. The van der Waals surface area contributed by atoms with Gasteiger partial charge in [0.1, 0.15) is 5.75 Å². The average molecular weight is 493 g/mol. The van der Waals surface area contributed by atoms with Crippen molar-refractivity contribution >= 4 is 11.8 Å². The van der Waals surface area contributed by atoms with E-state index in [2.05, 4.69) is 20.1 Å². The molecular weight excluding hydrogens is 471 g/mol. The zero-order chi connectivity index (χ0) is 25.6. The zero-order valence-electron chi connectivity index (χ0n) is 18.8. The summed E-state index contributed by atoms with van der Waals surface area (Å²) in [6, 6.07) is 8.03. The van der Waals surface area contributed by atoms with Crippen molar-refractivity contribution in [3.63, 3.8) is 0 Å². The Hall–Kier alpha value is -4.12. The highest BCUT2D eigenvalue weighted by Crippen LogP contribution is 2.29. The van der Waals surface area contributed by atoms with E-state index in [9.17, 15) is 22.8 Å². The number of ether oxygens (including phenoxy) is 3. The van der Waals surface area contributed by atoms with Gasteiger partial charge in [0.2, 0.25) is 0 Å². The minimum Gasteiger partial charge on any atom is -0.493 e. The Labute approximate surface area is 198 Å². The second-order valence-electron chi connectivity index (χ2n) is 7.51. The van der Waals surface area contributed by atoms with Gasteiger partial charge < -0.3 is 24.4 Å². The van der Waals surface area contributed by atoms with Crippen LogP contribution >= 0.6 is 0 Å². The SMILES string of the molecule is COc1ccc(C(=O)N2CC[C@H](NC(=O)c3ccccc3OC(F)(F)F)[C@H](N=[N+]=[N-])C2)cc1OC. The minimum atomic E-state index is -4.97. The van der Waals surface area contributed by atoms with E-state index in [0.29, 0.717) is 17.1 Å². The molecule has 1 saturated heterocycles. The van der Waals surface area contributed by atoms with E-state index in [1.807, 2.05) is 0 Å². The van der Waals surface area contributed by atoms with Crippen molar-refractivity contribution in [2.75, 3.05) is 27.3 Å². The second kappa shape index (κ2) is 10.9. The molecule has 10 nitrogen and oxygen atoms in total. The van der Waals surface area contributed by atoms with Gasteiger partial charge in [-0.2, -0.15) is 0 Å². The van der Waals surface area contributed by atoms with Crippen molar-refractivity contribution < 1.29 is 37.0 Å².